The second-order valence-electron chi connectivity index (χ2n) is 4.00. The Labute approximate surface area is 111 Å². The van der Waals surface area contributed by atoms with Gasteiger partial charge in [-0.3, -0.25) is 10.1 Å². The molecule has 2 rings (SSSR count). The van der Waals surface area contributed by atoms with Gasteiger partial charge in [0, 0.05) is 17.1 Å². The SMILES string of the molecule is CCNC(C)c1ccc(Sc2n[nH]c(C)n2)cn1. The number of nitrogens with zero attached hydrogens (tertiary/aromatic N) is 3. The van der Waals surface area contributed by atoms with Gasteiger partial charge in [0.1, 0.15) is 5.82 Å². The van der Waals surface area contributed by atoms with E-state index >= 15 is 0 Å². The van der Waals surface area contributed by atoms with Gasteiger partial charge in [-0.25, -0.2) is 4.98 Å². The first kappa shape index (κ1) is 13.0. The minimum Gasteiger partial charge on any atom is -0.309 e. The minimum atomic E-state index is 0.278. The molecule has 0 bridgehead atoms. The average Bonchev–Trinajstić information content (AvgIpc) is 2.76. The largest absolute Gasteiger partial charge is 0.309 e. The summed E-state index contributed by atoms with van der Waals surface area (Å²) >= 11 is 1.51. The minimum absolute atomic E-state index is 0.278. The summed E-state index contributed by atoms with van der Waals surface area (Å²) in [6, 6.07) is 4.36. The smallest absolute Gasteiger partial charge is 0.213 e. The first-order chi connectivity index (χ1) is 8.69. The molecule has 6 heteroatoms. The van der Waals surface area contributed by atoms with E-state index in [0.29, 0.717) is 0 Å². The Morgan fingerprint density at radius 3 is 2.83 bits per heavy atom. The molecule has 1 unspecified atom stereocenters. The summed E-state index contributed by atoms with van der Waals surface area (Å²) in [6.07, 6.45) is 1.86. The number of nitrogens with one attached hydrogen (secondary N) is 2. The average molecular weight is 263 g/mol. The Balaban J connectivity index is 2.03. The van der Waals surface area contributed by atoms with Gasteiger partial charge in [-0.2, -0.15) is 0 Å². The van der Waals surface area contributed by atoms with Crippen molar-refractivity contribution in [2.24, 2.45) is 0 Å². The van der Waals surface area contributed by atoms with Gasteiger partial charge in [0.25, 0.3) is 0 Å². The second kappa shape index (κ2) is 5.97. The maximum absolute atomic E-state index is 4.45. The van der Waals surface area contributed by atoms with Crippen molar-refractivity contribution in [3.63, 3.8) is 0 Å². The van der Waals surface area contributed by atoms with E-state index in [-0.39, 0.29) is 6.04 Å². The normalized spacial score (nSPS) is 12.6. The van der Waals surface area contributed by atoms with Crippen molar-refractivity contribution in [3.8, 4) is 0 Å². The van der Waals surface area contributed by atoms with Crippen LogP contribution < -0.4 is 5.32 Å². The van der Waals surface area contributed by atoms with Gasteiger partial charge in [-0.15, -0.1) is 5.10 Å². The van der Waals surface area contributed by atoms with Gasteiger partial charge in [-0.05, 0) is 44.3 Å². The Bertz CT molecular complexity index is 493. The van der Waals surface area contributed by atoms with Crippen LogP contribution in [-0.2, 0) is 0 Å². The van der Waals surface area contributed by atoms with Gasteiger partial charge < -0.3 is 5.32 Å². The van der Waals surface area contributed by atoms with E-state index in [0.717, 1.165) is 28.1 Å². The molecule has 1 atom stereocenters. The number of aryl methyl sites for hydroxylation is 1. The number of rotatable bonds is 5. The maximum atomic E-state index is 4.45. The zero-order valence-electron chi connectivity index (χ0n) is 10.8. The van der Waals surface area contributed by atoms with E-state index in [1.165, 1.54) is 11.8 Å². The van der Waals surface area contributed by atoms with Gasteiger partial charge in [-0.1, -0.05) is 6.92 Å². The number of aromatic nitrogens is 4. The van der Waals surface area contributed by atoms with E-state index in [1.807, 2.05) is 25.3 Å². The summed E-state index contributed by atoms with van der Waals surface area (Å²) in [4.78, 5) is 9.74. The van der Waals surface area contributed by atoms with Crippen LogP contribution in [-0.4, -0.2) is 26.7 Å². The molecular weight excluding hydrogens is 246 g/mol. The third kappa shape index (κ3) is 3.30. The monoisotopic (exact) mass is 263 g/mol. The number of pyridine rings is 1. The van der Waals surface area contributed by atoms with Crippen molar-refractivity contribution in [2.45, 2.75) is 36.9 Å². The Hall–Kier alpha value is -1.40. The topological polar surface area (TPSA) is 66.5 Å². The molecule has 0 radical (unpaired) electrons. The molecule has 96 valence electrons. The van der Waals surface area contributed by atoms with Crippen LogP contribution in [0.2, 0.25) is 0 Å². The van der Waals surface area contributed by atoms with Crippen LogP contribution in [0.1, 0.15) is 31.4 Å². The van der Waals surface area contributed by atoms with Crippen LogP contribution >= 0.6 is 11.8 Å². The molecule has 0 aliphatic heterocycles. The highest BCUT2D eigenvalue weighted by atomic mass is 32.2. The van der Waals surface area contributed by atoms with Crippen LogP contribution in [0.25, 0.3) is 0 Å². The first-order valence-electron chi connectivity index (χ1n) is 5.95. The molecule has 0 saturated carbocycles. The van der Waals surface area contributed by atoms with E-state index < -0.39 is 0 Å². The number of hydrogen-bond acceptors (Lipinski definition) is 5. The third-order valence-electron chi connectivity index (χ3n) is 2.50. The summed E-state index contributed by atoms with van der Waals surface area (Å²) in [6.45, 7) is 7.02. The molecule has 2 heterocycles. The molecule has 0 saturated heterocycles. The molecule has 0 spiro atoms. The molecule has 0 aromatic carbocycles. The lowest BCUT2D eigenvalue weighted by atomic mass is 10.2. The van der Waals surface area contributed by atoms with Crippen molar-refractivity contribution < 1.29 is 0 Å². The van der Waals surface area contributed by atoms with E-state index in [1.54, 1.807) is 0 Å². The van der Waals surface area contributed by atoms with Crippen LogP contribution in [0.4, 0.5) is 0 Å². The van der Waals surface area contributed by atoms with Crippen molar-refractivity contribution >= 4 is 11.8 Å². The zero-order chi connectivity index (χ0) is 13.0. The molecule has 0 amide bonds. The molecule has 5 nitrogen and oxygen atoms in total. The number of H-pyrrole nitrogens is 1. The lowest BCUT2D eigenvalue weighted by Gasteiger charge is -2.11. The molecule has 2 N–H and O–H groups in total. The highest BCUT2D eigenvalue weighted by Crippen LogP contribution is 2.24. The summed E-state index contributed by atoms with van der Waals surface area (Å²) < 4.78 is 0. The molecule has 18 heavy (non-hydrogen) atoms. The predicted octanol–water partition coefficient (Wildman–Crippen LogP) is 2.33. The molecule has 2 aromatic heterocycles. The molecule has 0 fully saturated rings. The molecule has 2 aromatic rings. The molecule has 0 aliphatic carbocycles. The van der Waals surface area contributed by atoms with Crippen molar-refractivity contribution in [2.75, 3.05) is 6.54 Å². The van der Waals surface area contributed by atoms with Crippen LogP contribution in [0, 0.1) is 6.92 Å². The summed E-state index contributed by atoms with van der Waals surface area (Å²) in [5, 5.41) is 11.0. The standard InChI is InChI=1S/C12H17N5S/c1-4-13-8(2)11-6-5-10(7-14-11)18-12-15-9(3)16-17-12/h5-8,13H,4H2,1-3H3,(H,15,16,17). The fourth-order valence-electron chi connectivity index (χ4n) is 1.59. The third-order valence-corrected chi connectivity index (χ3v) is 3.34. The van der Waals surface area contributed by atoms with Crippen LogP contribution in [0.5, 0.6) is 0 Å². The fourth-order valence-corrected chi connectivity index (χ4v) is 2.32. The van der Waals surface area contributed by atoms with Crippen molar-refractivity contribution in [3.05, 3.63) is 29.8 Å². The van der Waals surface area contributed by atoms with Gasteiger partial charge in [0.2, 0.25) is 5.16 Å². The summed E-state index contributed by atoms with van der Waals surface area (Å²) in [7, 11) is 0. The van der Waals surface area contributed by atoms with E-state index in [2.05, 4.69) is 39.3 Å². The highest BCUT2D eigenvalue weighted by molar-refractivity contribution is 7.99. The first-order valence-corrected chi connectivity index (χ1v) is 6.77. The van der Waals surface area contributed by atoms with E-state index in [9.17, 15) is 0 Å². The van der Waals surface area contributed by atoms with Gasteiger partial charge in [0.05, 0.1) is 5.69 Å². The quantitative estimate of drug-likeness (QED) is 0.866. The molecular formula is C12H17N5S. The van der Waals surface area contributed by atoms with Crippen LogP contribution in [0.3, 0.4) is 0 Å². The fraction of sp³-hybridized carbons (Fsp3) is 0.417. The predicted molar refractivity (Wildman–Crippen MR) is 71.6 cm³/mol. The Morgan fingerprint density at radius 2 is 2.28 bits per heavy atom. The number of aromatic amines is 1. The lowest BCUT2D eigenvalue weighted by Crippen LogP contribution is -2.18. The Morgan fingerprint density at radius 1 is 1.44 bits per heavy atom. The summed E-state index contributed by atoms with van der Waals surface area (Å²) in [5.74, 6) is 0.822. The maximum Gasteiger partial charge on any atom is 0.213 e. The zero-order valence-corrected chi connectivity index (χ0v) is 11.6. The lowest BCUT2D eigenvalue weighted by molar-refractivity contribution is 0.582. The number of hydrogen-bond donors (Lipinski definition) is 2. The second-order valence-corrected chi connectivity index (χ2v) is 5.04. The highest BCUT2D eigenvalue weighted by Gasteiger charge is 2.07. The van der Waals surface area contributed by atoms with Gasteiger partial charge in [0.15, 0.2) is 0 Å². The van der Waals surface area contributed by atoms with Crippen molar-refractivity contribution in [1.82, 2.24) is 25.5 Å². The molecule has 0 aliphatic rings. The Kier molecular flexibility index (Phi) is 4.33. The van der Waals surface area contributed by atoms with Crippen LogP contribution in [0.15, 0.2) is 28.4 Å². The summed E-state index contributed by atoms with van der Waals surface area (Å²) in [5.41, 5.74) is 1.05. The van der Waals surface area contributed by atoms with Crippen molar-refractivity contribution in [1.29, 1.82) is 0 Å². The van der Waals surface area contributed by atoms with E-state index in [4.69, 9.17) is 0 Å². The van der Waals surface area contributed by atoms with Gasteiger partial charge >= 0.3 is 0 Å².